The van der Waals surface area contributed by atoms with E-state index in [4.69, 9.17) is 0 Å². The topological polar surface area (TPSA) is 0 Å². The molecule has 0 saturated carbocycles. The van der Waals surface area contributed by atoms with Gasteiger partial charge in [0.05, 0.1) is 25.2 Å². The van der Waals surface area contributed by atoms with Gasteiger partial charge in [-0.15, -0.1) is 0 Å². The van der Waals surface area contributed by atoms with E-state index in [1.54, 1.807) is 0 Å². The molecule has 27 heavy (non-hydrogen) atoms. The van der Waals surface area contributed by atoms with Crippen molar-refractivity contribution in [3.63, 3.8) is 0 Å². The van der Waals surface area contributed by atoms with Gasteiger partial charge in [0, 0.05) is 5.92 Å². The molecule has 2 heteroatoms. The minimum Gasteiger partial charge on any atom is -1.00 e. The maximum atomic E-state index is 2.59. The van der Waals surface area contributed by atoms with Gasteiger partial charge in [-0.1, -0.05) is 77.3 Å². The van der Waals surface area contributed by atoms with E-state index in [0.29, 0.717) is 5.54 Å². The molecule has 1 nitrogen and oxygen atoms in total. The highest BCUT2D eigenvalue weighted by Crippen LogP contribution is 2.38. The maximum absolute atomic E-state index is 2.59. The molecule has 0 N–H and O–H groups in total. The van der Waals surface area contributed by atoms with E-state index >= 15 is 0 Å². The lowest BCUT2D eigenvalue weighted by Gasteiger charge is -2.54. The van der Waals surface area contributed by atoms with E-state index in [2.05, 4.69) is 71.9 Å². The third-order valence-electron chi connectivity index (χ3n) is 6.86. The van der Waals surface area contributed by atoms with Crippen molar-refractivity contribution < 1.29 is 16.9 Å². The Labute approximate surface area is 176 Å². The molecule has 0 aromatic heterocycles. The summed E-state index contributed by atoms with van der Waals surface area (Å²) in [6.45, 7) is 18.7. The monoisotopic (exact) mass is 395 g/mol. The molecule has 0 radical (unpaired) electrons. The van der Waals surface area contributed by atoms with Crippen LogP contribution in [0.4, 0.5) is 0 Å². The van der Waals surface area contributed by atoms with Crippen LogP contribution in [0.1, 0.15) is 92.1 Å². The maximum Gasteiger partial charge on any atom is 0.0967 e. The first kappa shape index (κ1) is 26.5. The van der Waals surface area contributed by atoms with Crippen LogP contribution in [0.15, 0.2) is 30.3 Å². The summed E-state index contributed by atoms with van der Waals surface area (Å²) in [6.07, 6.45) is 10.5. The number of benzene rings is 1. The first-order valence-electron chi connectivity index (χ1n) is 11.4. The molecule has 0 fully saturated rings. The minimum atomic E-state index is 0. The summed E-state index contributed by atoms with van der Waals surface area (Å²) in [5, 5.41) is 0. The van der Waals surface area contributed by atoms with E-state index in [1.807, 2.05) is 0 Å². The van der Waals surface area contributed by atoms with Gasteiger partial charge < -0.3 is 16.9 Å². The third kappa shape index (κ3) is 7.42. The average molecular weight is 396 g/mol. The van der Waals surface area contributed by atoms with Crippen molar-refractivity contribution in [3.8, 4) is 0 Å². The zero-order valence-electron chi connectivity index (χ0n) is 19.1. The van der Waals surface area contributed by atoms with E-state index < -0.39 is 0 Å². The van der Waals surface area contributed by atoms with Crippen molar-refractivity contribution in [1.82, 2.24) is 0 Å². The Morgan fingerprint density at radius 1 is 0.778 bits per heavy atom. The number of nitrogens with zero attached hydrogens (tertiary/aromatic N) is 1. The molecule has 158 valence electrons. The molecular weight excluding hydrogens is 350 g/mol. The molecule has 1 rings (SSSR count). The Balaban J connectivity index is 0.00000676. The Morgan fingerprint density at radius 2 is 1.22 bits per heavy atom. The molecule has 0 aliphatic heterocycles. The van der Waals surface area contributed by atoms with Gasteiger partial charge in [0.25, 0.3) is 0 Å². The van der Waals surface area contributed by atoms with Gasteiger partial charge in [-0.2, -0.15) is 0 Å². The summed E-state index contributed by atoms with van der Waals surface area (Å²) >= 11 is 0. The van der Waals surface area contributed by atoms with Crippen molar-refractivity contribution in [2.45, 2.75) is 98.4 Å². The van der Waals surface area contributed by atoms with Crippen molar-refractivity contribution in [3.05, 3.63) is 35.9 Å². The first-order chi connectivity index (χ1) is 12.5. The van der Waals surface area contributed by atoms with Crippen LogP contribution in [-0.2, 0) is 6.42 Å². The van der Waals surface area contributed by atoms with E-state index in [0.717, 1.165) is 5.92 Å². The number of hydrogen-bond acceptors (Lipinski definition) is 0. The van der Waals surface area contributed by atoms with Crippen molar-refractivity contribution >= 4 is 0 Å². The molecule has 0 aliphatic rings. The van der Waals surface area contributed by atoms with Crippen LogP contribution in [0.2, 0.25) is 0 Å². The largest absolute Gasteiger partial charge is 1.00 e. The summed E-state index contributed by atoms with van der Waals surface area (Å²) in [5.74, 6) is 0.732. The Bertz CT molecular complexity index is 447. The molecule has 1 aromatic carbocycles. The second kappa shape index (κ2) is 13.6. The molecule has 0 aliphatic carbocycles. The van der Waals surface area contributed by atoms with Crippen LogP contribution in [0.25, 0.3) is 0 Å². The van der Waals surface area contributed by atoms with Crippen LogP contribution in [0.5, 0.6) is 0 Å². The Kier molecular flexibility index (Phi) is 13.3. The second-order valence-corrected chi connectivity index (χ2v) is 8.83. The molecule has 0 spiro atoms. The highest BCUT2D eigenvalue weighted by Gasteiger charge is 2.46. The first-order valence-corrected chi connectivity index (χ1v) is 11.4. The Hall–Kier alpha value is -0.530. The third-order valence-corrected chi connectivity index (χ3v) is 6.86. The highest BCUT2D eigenvalue weighted by molar-refractivity contribution is 5.16. The highest BCUT2D eigenvalue weighted by atomic mass is 35.5. The smallest absolute Gasteiger partial charge is 0.0967 e. The number of halogens is 1. The lowest BCUT2D eigenvalue weighted by atomic mass is 9.77. The molecular formula is C25H46ClN. The second-order valence-electron chi connectivity index (χ2n) is 8.83. The van der Waals surface area contributed by atoms with E-state index in [9.17, 15) is 0 Å². The van der Waals surface area contributed by atoms with Crippen LogP contribution in [-0.4, -0.2) is 29.7 Å². The minimum absolute atomic E-state index is 0. The predicted molar refractivity (Wildman–Crippen MR) is 118 cm³/mol. The molecule has 0 saturated heterocycles. The average Bonchev–Trinajstić information content (AvgIpc) is 2.66. The Morgan fingerprint density at radius 3 is 1.59 bits per heavy atom. The van der Waals surface area contributed by atoms with Crippen LogP contribution in [0, 0.1) is 5.92 Å². The molecule has 1 unspecified atom stereocenters. The van der Waals surface area contributed by atoms with Crippen LogP contribution < -0.4 is 12.4 Å². The van der Waals surface area contributed by atoms with Crippen molar-refractivity contribution in [2.75, 3.05) is 19.6 Å². The van der Waals surface area contributed by atoms with Crippen molar-refractivity contribution in [1.29, 1.82) is 0 Å². The van der Waals surface area contributed by atoms with E-state index in [-0.39, 0.29) is 12.4 Å². The fourth-order valence-electron chi connectivity index (χ4n) is 4.76. The number of hydrogen-bond donors (Lipinski definition) is 0. The number of rotatable bonds is 14. The summed E-state index contributed by atoms with van der Waals surface area (Å²) in [7, 11) is 0. The van der Waals surface area contributed by atoms with Gasteiger partial charge in [-0.05, 0) is 51.5 Å². The molecule has 0 heterocycles. The predicted octanol–water partition coefficient (Wildman–Crippen LogP) is 4.26. The van der Waals surface area contributed by atoms with Crippen LogP contribution >= 0.6 is 0 Å². The summed E-state index contributed by atoms with van der Waals surface area (Å²) in [6, 6.07) is 11.2. The van der Waals surface area contributed by atoms with Gasteiger partial charge in [0.2, 0.25) is 0 Å². The van der Waals surface area contributed by atoms with Crippen molar-refractivity contribution in [2.24, 2.45) is 5.92 Å². The molecule has 1 aromatic rings. The number of quaternary nitrogens is 1. The molecule has 0 amide bonds. The van der Waals surface area contributed by atoms with Gasteiger partial charge in [0.15, 0.2) is 0 Å². The summed E-state index contributed by atoms with van der Waals surface area (Å²) in [5.41, 5.74) is 1.83. The molecule has 0 bridgehead atoms. The van der Waals surface area contributed by atoms with E-state index in [1.165, 1.54) is 81.0 Å². The lowest BCUT2D eigenvalue weighted by Crippen LogP contribution is -3.00. The standard InChI is InChI=1S/C25H46N.ClH/c1-7-11-19-26(20-12-8-2,21-13-9-3)25(5,6)24(10-4)22-23-17-15-14-16-18-23;/h14-18,24H,7-13,19-22H2,1-6H3;1H/q+1;/p-1. The van der Waals surface area contributed by atoms with Gasteiger partial charge in [0.1, 0.15) is 0 Å². The summed E-state index contributed by atoms with van der Waals surface area (Å²) in [4.78, 5) is 0. The summed E-state index contributed by atoms with van der Waals surface area (Å²) < 4.78 is 1.33. The lowest BCUT2D eigenvalue weighted by molar-refractivity contribution is -0.977. The van der Waals surface area contributed by atoms with Gasteiger partial charge in [-0.25, -0.2) is 0 Å². The number of unbranched alkanes of at least 4 members (excludes halogenated alkanes) is 3. The van der Waals surface area contributed by atoms with Crippen LogP contribution in [0.3, 0.4) is 0 Å². The van der Waals surface area contributed by atoms with Gasteiger partial charge in [-0.3, -0.25) is 0 Å². The van der Waals surface area contributed by atoms with Gasteiger partial charge >= 0.3 is 0 Å². The normalized spacial score (nSPS) is 13.3. The fourth-order valence-corrected chi connectivity index (χ4v) is 4.76. The zero-order valence-corrected chi connectivity index (χ0v) is 19.8. The SMILES string of the molecule is CCCC[N+](CCCC)(CCCC)C(C)(C)C(CC)Cc1ccccc1.[Cl-]. The quantitative estimate of drug-likeness (QED) is 0.413. The fraction of sp³-hybridized carbons (Fsp3) is 0.760. The molecule has 1 atom stereocenters. The zero-order chi connectivity index (χ0) is 19.5.